The number of anilines is 1. The summed E-state index contributed by atoms with van der Waals surface area (Å²) < 4.78 is 1.97. The van der Waals surface area contributed by atoms with E-state index in [0.29, 0.717) is 5.02 Å². The van der Waals surface area contributed by atoms with Gasteiger partial charge in [0.05, 0.1) is 5.75 Å². The monoisotopic (exact) mass is 392 g/mol. The minimum Gasteiger partial charge on any atom is -0.325 e. The number of amides is 1. The van der Waals surface area contributed by atoms with Crippen LogP contribution in [0.25, 0.3) is 0 Å². The van der Waals surface area contributed by atoms with Crippen molar-refractivity contribution in [2.45, 2.75) is 25.0 Å². The van der Waals surface area contributed by atoms with Gasteiger partial charge in [0.25, 0.3) is 0 Å². The van der Waals surface area contributed by atoms with Crippen molar-refractivity contribution in [1.29, 1.82) is 0 Å². The number of benzene rings is 1. The summed E-state index contributed by atoms with van der Waals surface area (Å²) in [6.07, 6.45) is 2.63. The zero-order valence-electron chi connectivity index (χ0n) is 13.6. The van der Waals surface area contributed by atoms with Gasteiger partial charge < -0.3 is 9.88 Å². The summed E-state index contributed by atoms with van der Waals surface area (Å²) in [5, 5.41) is 14.4. The van der Waals surface area contributed by atoms with Crippen LogP contribution in [0.1, 0.15) is 10.4 Å². The highest BCUT2D eigenvalue weighted by Gasteiger charge is 2.11. The molecule has 0 aliphatic carbocycles. The first kappa shape index (κ1) is 18.0. The third kappa shape index (κ3) is 4.84. The van der Waals surface area contributed by atoms with Gasteiger partial charge in [-0.15, -0.1) is 21.5 Å². The number of thiophene rings is 1. The fraction of sp³-hybridized carbons (Fsp3) is 0.235. The van der Waals surface area contributed by atoms with Crippen LogP contribution in [0.3, 0.4) is 0 Å². The molecule has 3 aromatic rings. The van der Waals surface area contributed by atoms with E-state index in [-0.39, 0.29) is 11.7 Å². The van der Waals surface area contributed by atoms with Gasteiger partial charge in [-0.1, -0.05) is 35.5 Å². The number of thioether (sulfide) groups is 1. The second-order valence-corrected chi connectivity index (χ2v) is 7.77. The number of aryl methyl sites for hydroxylation is 2. The van der Waals surface area contributed by atoms with Crippen LogP contribution in [0, 0.1) is 6.92 Å². The summed E-state index contributed by atoms with van der Waals surface area (Å²) in [4.78, 5) is 13.5. The van der Waals surface area contributed by atoms with Gasteiger partial charge in [0.15, 0.2) is 5.16 Å². The lowest BCUT2D eigenvalue weighted by Gasteiger charge is -2.09. The van der Waals surface area contributed by atoms with E-state index in [2.05, 4.69) is 27.0 Å². The minimum atomic E-state index is -0.0943. The quantitative estimate of drug-likeness (QED) is 0.610. The number of aromatic nitrogens is 3. The maximum absolute atomic E-state index is 12.2. The average molecular weight is 393 g/mol. The summed E-state index contributed by atoms with van der Waals surface area (Å²) >= 11 is 9.19. The molecule has 0 radical (unpaired) electrons. The van der Waals surface area contributed by atoms with Crippen molar-refractivity contribution in [2.24, 2.45) is 0 Å². The van der Waals surface area contributed by atoms with Crippen LogP contribution >= 0.6 is 34.7 Å². The topological polar surface area (TPSA) is 59.8 Å². The number of hydrogen-bond acceptors (Lipinski definition) is 5. The molecule has 1 amide bonds. The molecular formula is C17H17ClN4OS2. The van der Waals surface area contributed by atoms with Crippen LogP contribution in [-0.4, -0.2) is 26.4 Å². The summed E-state index contributed by atoms with van der Waals surface area (Å²) in [7, 11) is 0. The van der Waals surface area contributed by atoms with Gasteiger partial charge in [-0.3, -0.25) is 4.79 Å². The molecule has 0 unspecified atom stereocenters. The van der Waals surface area contributed by atoms with E-state index in [1.807, 2.05) is 29.7 Å². The van der Waals surface area contributed by atoms with E-state index in [1.54, 1.807) is 23.7 Å². The normalized spacial score (nSPS) is 10.8. The van der Waals surface area contributed by atoms with E-state index in [0.717, 1.165) is 29.4 Å². The van der Waals surface area contributed by atoms with E-state index >= 15 is 0 Å². The molecule has 5 nitrogen and oxygen atoms in total. The van der Waals surface area contributed by atoms with Gasteiger partial charge in [0, 0.05) is 22.1 Å². The molecule has 0 aliphatic heterocycles. The SMILES string of the molecule is Cc1c(Cl)cccc1NC(=O)CSc1nncn1CCc1cccs1. The molecule has 0 atom stereocenters. The first-order valence-corrected chi connectivity index (χ1v) is 9.96. The molecule has 1 aromatic carbocycles. The van der Waals surface area contributed by atoms with Crippen LogP contribution in [0.15, 0.2) is 47.2 Å². The molecular weight excluding hydrogens is 376 g/mol. The number of hydrogen-bond donors (Lipinski definition) is 1. The van der Waals surface area contributed by atoms with Crippen LogP contribution in [-0.2, 0) is 17.8 Å². The summed E-state index contributed by atoms with van der Waals surface area (Å²) in [5.74, 6) is 0.173. The van der Waals surface area contributed by atoms with E-state index in [9.17, 15) is 4.79 Å². The van der Waals surface area contributed by atoms with Crippen molar-refractivity contribution >= 4 is 46.3 Å². The number of rotatable bonds is 7. The standard InChI is InChI=1S/C17H17ClN4OS2/c1-12-14(18)5-2-6-15(12)20-16(23)10-25-17-21-19-11-22(17)8-7-13-4-3-9-24-13/h2-6,9,11H,7-8,10H2,1H3,(H,20,23). The summed E-state index contributed by atoms with van der Waals surface area (Å²) in [6, 6.07) is 9.62. The van der Waals surface area contributed by atoms with Crippen LogP contribution < -0.4 is 5.32 Å². The van der Waals surface area contributed by atoms with Crippen molar-refractivity contribution in [2.75, 3.05) is 11.1 Å². The Morgan fingerprint density at radius 2 is 2.24 bits per heavy atom. The van der Waals surface area contributed by atoms with Crippen molar-refractivity contribution in [3.8, 4) is 0 Å². The molecule has 2 heterocycles. The molecule has 8 heteroatoms. The predicted octanol–water partition coefficient (Wildman–Crippen LogP) is 4.27. The van der Waals surface area contributed by atoms with Gasteiger partial charge in [-0.25, -0.2) is 0 Å². The number of nitrogens with zero attached hydrogens (tertiary/aromatic N) is 3. The second-order valence-electron chi connectivity index (χ2n) is 5.39. The molecule has 2 aromatic heterocycles. The van der Waals surface area contributed by atoms with E-state index in [4.69, 9.17) is 11.6 Å². The van der Waals surface area contributed by atoms with E-state index < -0.39 is 0 Å². The summed E-state index contributed by atoms with van der Waals surface area (Å²) in [6.45, 7) is 2.68. The molecule has 130 valence electrons. The van der Waals surface area contributed by atoms with Gasteiger partial charge in [-0.05, 0) is 42.5 Å². The van der Waals surface area contributed by atoms with Gasteiger partial charge in [0.2, 0.25) is 5.91 Å². The molecule has 0 bridgehead atoms. The molecule has 0 saturated carbocycles. The fourth-order valence-corrected chi connectivity index (χ4v) is 3.87. The largest absolute Gasteiger partial charge is 0.325 e. The van der Waals surface area contributed by atoms with Crippen molar-refractivity contribution in [1.82, 2.24) is 14.8 Å². The first-order valence-electron chi connectivity index (χ1n) is 7.71. The molecule has 0 saturated heterocycles. The maximum Gasteiger partial charge on any atom is 0.234 e. The Balaban J connectivity index is 1.54. The molecule has 3 rings (SSSR count). The number of carbonyl (C=O) groups excluding carboxylic acids is 1. The molecule has 0 spiro atoms. The Hall–Kier alpha value is -1.83. The Morgan fingerprint density at radius 3 is 3.04 bits per heavy atom. The highest BCUT2D eigenvalue weighted by molar-refractivity contribution is 7.99. The lowest BCUT2D eigenvalue weighted by Crippen LogP contribution is -2.15. The Kier molecular flexibility index (Phi) is 6.12. The fourth-order valence-electron chi connectivity index (χ4n) is 2.25. The second kappa shape index (κ2) is 8.51. The zero-order valence-corrected chi connectivity index (χ0v) is 16.0. The van der Waals surface area contributed by atoms with E-state index in [1.165, 1.54) is 16.6 Å². The molecule has 0 aliphatic rings. The third-order valence-electron chi connectivity index (χ3n) is 3.63. The smallest absolute Gasteiger partial charge is 0.234 e. The number of halogens is 1. The maximum atomic E-state index is 12.2. The molecule has 0 fully saturated rings. The third-order valence-corrected chi connectivity index (χ3v) is 5.96. The number of carbonyl (C=O) groups is 1. The first-order chi connectivity index (χ1) is 12.1. The highest BCUT2D eigenvalue weighted by atomic mass is 35.5. The lowest BCUT2D eigenvalue weighted by atomic mass is 10.2. The van der Waals surface area contributed by atoms with Crippen molar-refractivity contribution in [3.63, 3.8) is 0 Å². The van der Waals surface area contributed by atoms with Crippen LogP contribution in [0.4, 0.5) is 5.69 Å². The summed E-state index contributed by atoms with van der Waals surface area (Å²) in [5.41, 5.74) is 1.60. The Morgan fingerprint density at radius 1 is 1.36 bits per heavy atom. The van der Waals surface area contributed by atoms with Gasteiger partial charge >= 0.3 is 0 Å². The van der Waals surface area contributed by atoms with Crippen LogP contribution in [0.2, 0.25) is 5.02 Å². The van der Waals surface area contributed by atoms with Gasteiger partial charge in [0.1, 0.15) is 6.33 Å². The minimum absolute atomic E-state index is 0.0943. The van der Waals surface area contributed by atoms with Crippen LogP contribution in [0.5, 0.6) is 0 Å². The average Bonchev–Trinajstić information content (AvgIpc) is 3.26. The highest BCUT2D eigenvalue weighted by Crippen LogP contribution is 2.23. The van der Waals surface area contributed by atoms with Crippen molar-refractivity contribution in [3.05, 3.63) is 57.5 Å². The lowest BCUT2D eigenvalue weighted by molar-refractivity contribution is -0.113. The van der Waals surface area contributed by atoms with Gasteiger partial charge in [-0.2, -0.15) is 0 Å². The number of nitrogens with one attached hydrogen (secondary N) is 1. The molecule has 1 N–H and O–H groups in total. The van der Waals surface area contributed by atoms with Crippen molar-refractivity contribution < 1.29 is 4.79 Å². The predicted molar refractivity (Wildman–Crippen MR) is 104 cm³/mol. The molecule has 25 heavy (non-hydrogen) atoms. The Bertz CT molecular complexity index is 848. The Labute approximate surface area is 159 Å². The zero-order chi connectivity index (χ0) is 17.6.